The molecule has 0 saturated carbocycles. The monoisotopic (exact) mass is 308 g/mol. The Balaban J connectivity index is 1.96. The van der Waals surface area contributed by atoms with Crippen molar-refractivity contribution >= 4 is 5.91 Å². The summed E-state index contributed by atoms with van der Waals surface area (Å²) in [6, 6.07) is 0. The Kier molecular flexibility index (Phi) is 5.97. The molecular formula is C16H28N4O2. The summed E-state index contributed by atoms with van der Waals surface area (Å²) in [6.07, 6.45) is 4.80. The van der Waals surface area contributed by atoms with Crippen LogP contribution in [-0.4, -0.2) is 63.1 Å². The molecule has 6 heteroatoms. The third-order valence-corrected chi connectivity index (χ3v) is 4.63. The first-order valence-electron chi connectivity index (χ1n) is 8.22. The number of carbonyl (C=O) groups excluding carboxylic acids is 1. The Morgan fingerprint density at radius 2 is 2.23 bits per heavy atom. The number of carbonyl (C=O) groups is 1. The van der Waals surface area contributed by atoms with E-state index in [-0.39, 0.29) is 11.8 Å². The number of likely N-dealkylation sites (tertiary alicyclic amines) is 1. The number of piperidine rings is 1. The van der Waals surface area contributed by atoms with Gasteiger partial charge in [0.1, 0.15) is 11.9 Å². The Labute approximate surface area is 132 Å². The summed E-state index contributed by atoms with van der Waals surface area (Å²) in [5, 5.41) is 10.6. The van der Waals surface area contributed by atoms with Crippen LogP contribution in [0.2, 0.25) is 0 Å². The largest absolute Gasteiger partial charge is 0.385 e. The summed E-state index contributed by atoms with van der Waals surface area (Å²) in [4.78, 5) is 20.7. The zero-order chi connectivity index (χ0) is 16.1. The van der Waals surface area contributed by atoms with Gasteiger partial charge in [0.15, 0.2) is 0 Å². The van der Waals surface area contributed by atoms with E-state index >= 15 is 0 Å². The Bertz CT molecular complexity index is 484. The van der Waals surface area contributed by atoms with E-state index in [9.17, 15) is 9.90 Å². The molecule has 1 aromatic heterocycles. The van der Waals surface area contributed by atoms with Crippen LogP contribution in [0.3, 0.4) is 0 Å². The summed E-state index contributed by atoms with van der Waals surface area (Å²) in [7, 11) is 1.89. The molecule has 2 rings (SSSR count). The molecule has 1 aliphatic heterocycles. The summed E-state index contributed by atoms with van der Waals surface area (Å²) < 4.78 is 1.85. The van der Waals surface area contributed by atoms with Gasteiger partial charge in [0.05, 0.1) is 6.54 Å². The van der Waals surface area contributed by atoms with Gasteiger partial charge in [-0.3, -0.25) is 9.69 Å². The summed E-state index contributed by atoms with van der Waals surface area (Å²) in [5.74, 6) is 0.916. The first-order valence-corrected chi connectivity index (χ1v) is 8.22. The number of aryl methyl sites for hydroxylation is 1. The van der Waals surface area contributed by atoms with Crippen LogP contribution in [0.4, 0.5) is 0 Å². The molecule has 1 aliphatic rings. The molecule has 2 heterocycles. The van der Waals surface area contributed by atoms with Crippen LogP contribution in [-0.2, 0) is 11.8 Å². The lowest BCUT2D eigenvalue weighted by Gasteiger charge is -2.35. The molecule has 1 aromatic rings. The third-order valence-electron chi connectivity index (χ3n) is 4.63. The summed E-state index contributed by atoms with van der Waals surface area (Å²) in [5.41, 5.74) is 0. The van der Waals surface area contributed by atoms with Gasteiger partial charge < -0.3 is 14.6 Å². The number of amides is 1. The van der Waals surface area contributed by atoms with Crippen molar-refractivity contribution < 1.29 is 9.90 Å². The Morgan fingerprint density at radius 3 is 2.82 bits per heavy atom. The van der Waals surface area contributed by atoms with Gasteiger partial charge in [-0.05, 0) is 25.9 Å². The van der Waals surface area contributed by atoms with Crippen molar-refractivity contribution in [2.24, 2.45) is 13.0 Å². The minimum Gasteiger partial charge on any atom is -0.385 e. The molecule has 1 saturated heterocycles. The second kappa shape index (κ2) is 7.74. The molecule has 1 fully saturated rings. The molecule has 22 heavy (non-hydrogen) atoms. The van der Waals surface area contributed by atoms with E-state index < -0.39 is 6.10 Å². The van der Waals surface area contributed by atoms with E-state index in [2.05, 4.69) is 23.7 Å². The van der Waals surface area contributed by atoms with E-state index in [4.69, 9.17) is 0 Å². The lowest BCUT2D eigenvalue weighted by atomic mass is 9.92. The fourth-order valence-electron chi connectivity index (χ4n) is 3.11. The molecule has 2 unspecified atom stereocenters. The second-order valence-electron chi connectivity index (χ2n) is 6.04. The van der Waals surface area contributed by atoms with Crippen LogP contribution in [0.15, 0.2) is 12.4 Å². The Hall–Kier alpha value is -1.40. The van der Waals surface area contributed by atoms with Gasteiger partial charge in [0, 0.05) is 38.4 Å². The number of rotatable bonds is 6. The minimum atomic E-state index is -0.607. The van der Waals surface area contributed by atoms with Crippen LogP contribution in [0, 0.1) is 5.92 Å². The van der Waals surface area contributed by atoms with Gasteiger partial charge in [0.2, 0.25) is 5.91 Å². The van der Waals surface area contributed by atoms with E-state index in [0.717, 1.165) is 32.5 Å². The van der Waals surface area contributed by atoms with E-state index in [1.165, 1.54) is 0 Å². The van der Waals surface area contributed by atoms with Crippen LogP contribution in [0.25, 0.3) is 0 Å². The van der Waals surface area contributed by atoms with E-state index in [0.29, 0.717) is 18.9 Å². The summed E-state index contributed by atoms with van der Waals surface area (Å²) in [6.45, 7) is 7.79. The average Bonchev–Trinajstić information content (AvgIpc) is 2.97. The number of nitrogens with zero attached hydrogens (tertiary/aromatic N) is 4. The van der Waals surface area contributed by atoms with Crippen molar-refractivity contribution in [1.29, 1.82) is 0 Å². The van der Waals surface area contributed by atoms with Crippen LogP contribution >= 0.6 is 0 Å². The molecule has 0 aliphatic carbocycles. The maximum Gasteiger partial charge on any atom is 0.236 e. The van der Waals surface area contributed by atoms with E-state index in [1.807, 2.05) is 22.7 Å². The number of hydrogen-bond donors (Lipinski definition) is 1. The topological polar surface area (TPSA) is 61.6 Å². The predicted octanol–water partition coefficient (Wildman–Crippen LogP) is 1.03. The van der Waals surface area contributed by atoms with Gasteiger partial charge in [-0.1, -0.05) is 13.8 Å². The normalized spacial score (nSPS) is 20.4. The fourth-order valence-corrected chi connectivity index (χ4v) is 3.11. The molecular weight excluding hydrogens is 280 g/mol. The molecule has 2 atom stereocenters. The van der Waals surface area contributed by atoms with Crippen molar-refractivity contribution in [3.05, 3.63) is 18.2 Å². The van der Waals surface area contributed by atoms with Crippen LogP contribution < -0.4 is 0 Å². The van der Waals surface area contributed by atoms with Gasteiger partial charge in [-0.2, -0.15) is 0 Å². The number of imidazole rings is 1. The quantitative estimate of drug-likeness (QED) is 0.853. The molecule has 0 aromatic carbocycles. The number of aliphatic hydroxyl groups is 1. The molecule has 1 amide bonds. The Morgan fingerprint density at radius 1 is 1.50 bits per heavy atom. The maximum absolute atomic E-state index is 12.4. The van der Waals surface area contributed by atoms with Crippen LogP contribution in [0.1, 0.15) is 38.6 Å². The third kappa shape index (κ3) is 3.87. The summed E-state index contributed by atoms with van der Waals surface area (Å²) >= 11 is 0. The van der Waals surface area contributed by atoms with Crippen molar-refractivity contribution in [2.45, 2.75) is 32.8 Å². The lowest BCUT2D eigenvalue weighted by Crippen LogP contribution is -2.46. The molecule has 0 spiro atoms. The van der Waals surface area contributed by atoms with Crippen molar-refractivity contribution in [1.82, 2.24) is 19.4 Å². The zero-order valence-electron chi connectivity index (χ0n) is 13.9. The smallest absolute Gasteiger partial charge is 0.236 e. The molecule has 1 N–H and O–H groups in total. The van der Waals surface area contributed by atoms with Crippen molar-refractivity contribution in [3.63, 3.8) is 0 Å². The van der Waals surface area contributed by atoms with Crippen molar-refractivity contribution in [2.75, 3.05) is 32.7 Å². The van der Waals surface area contributed by atoms with Gasteiger partial charge in [-0.15, -0.1) is 0 Å². The van der Waals surface area contributed by atoms with Gasteiger partial charge in [-0.25, -0.2) is 4.98 Å². The van der Waals surface area contributed by atoms with Crippen LogP contribution in [0.5, 0.6) is 0 Å². The number of aromatic nitrogens is 2. The lowest BCUT2D eigenvalue weighted by molar-refractivity contribution is -0.135. The fraction of sp³-hybridized carbons (Fsp3) is 0.750. The SMILES string of the molecule is CCN(CC)CC(=O)N1CCCC(C(O)c2nccn2C)C1. The van der Waals surface area contributed by atoms with Gasteiger partial charge in [0.25, 0.3) is 0 Å². The predicted molar refractivity (Wildman–Crippen MR) is 85.3 cm³/mol. The highest BCUT2D eigenvalue weighted by molar-refractivity contribution is 5.78. The minimum absolute atomic E-state index is 0.0653. The maximum atomic E-state index is 12.4. The first-order chi connectivity index (χ1) is 10.6. The first kappa shape index (κ1) is 17.0. The molecule has 0 bridgehead atoms. The highest BCUT2D eigenvalue weighted by Crippen LogP contribution is 2.28. The van der Waals surface area contributed by atoms with Crippen molar-refractivity contribution in [3.8, 4) is 0 Å². The highest BCUT2D eigenvalue weighted by Gasteiger charge is 2.31. The highest BCUT2D eigenvalue weighted by atomic mass is 16.3. The second-order valence-corrected chi connectivity index (χ2v) is 6.04. The number of aliphatic hydroxyl groups excluding tert-OH is 1. The molecule has 6 nitrogen and oxygen atoms in total. The van der Waals surface area contributed by atoms with E-state index in [1.54, 1.807) is 6.20 Å². The zero-order valence-corrected chi connectivity index (χ0v) is 13.9. The standard InChI is InChI=1S/C16H28N4O2/c1-4-19(5-2)12-14(21)20-9-6-7-13(11-20)15(22)16-17-8-10-18(16)3/h8,10,13,15,22H,4-7,9,11-12H2,1-3H3. The number of hydrogen-bond acceptors (Lipinski definition) is 4. The number of likely N-dealkylation sites (N-methyl/N-ethyl adjacent to an activating group) is 1. The van der Waals surface area contributed by atoms with Gasteiger partial charge >= 0.3 is 0 Å². The molecule has 0 radical (unpaired) electrons. The average molecular weight is 308 g/mol. The molecule has 124 valence electrons.